The van der Waals surface area contributed by atoms with Crippen molar-refractivity contribution in [3.63, 3.8) is 0 Å². The molecule has 1 fully saturated rings. The first kappa shape index (κ1) is 16.5. The molecular formula is C18H18ClN7O. The summed E-state index contributed by atoms with van der Waals surface area (Å²) < 4.78 is 10.9. The van der Waals surface area contributed by atoms with Crippen molar-refractivity contribution in [1.82, 2.24) is 33.9 Å². The fraction of sp³-hybridized carbons (Fsp3) is 0.333. The quantitative estimate of drug-likeness (QED) is 0.543. The van der Waals surface area contributed by atoms with Gasteiger partial charge in [0.05, 0.1) is 17.4 Å². The standard InChI is InChI=1S/C18H18ClN7O/c1-24-10-14(8-20-24)26-18(22-17(23-26)12-4-6-27-7-5-12)15-11-25-9-13(19)2-3-16(25)21-15/h2-3,8-12H,4-7H2,1H3. The highest BCUT2D eigenvalue weighted by Crippen LogP contribution is 2.28. The van der Waals surface area contributed by atoms with E-state index in [-0.39, 0.29) is 0 Å². The van der Waals surface area contributed by atoms with Gasteiger partial charge in [-0.2, -0.15) is 10.2 Å². The van der Waals surface area contributed by atoms with Crippen LogP contribution in [-0.4, -0.2) is 47.1 Å². The molecule has 27 heavy (non-hydrogen) atoms. The predicted octanol–water partition coefficient (Wildman–Crippen LogP) is 2.86. The van der Waals surface area contributed by atoms with Crippen LogP contribution in [0.15, 0.2) is 36.9 Å². The summed E-state index contributed by atoms with van der Waals surface area (Å²) in [5.41, 5.74) is 2.41. The first-order valence-electron chi connectivity index (χ1n) is 8.86. The number of aromatic nitrogens is 7. The largest absolute Gasteiger partial charge is 0.381 e. The van der Waals surface area contributed by atoms with Gasteiger partial charge in [-0.1, -0.05) is 11.6 Å². The average Bonchev–Trinajstić information content (AvgIpc) is 3.39. The highest BCUT2D eigenvalue weighted by atomic mass is 35.5. The molecule has 0 aliphatic carbocycles. The van der Waals surface area contributed by atoms with Crippen LogP contribution in [0.3, 0.4) is 0 Å². The third kappa shape index (κ3) is 3.00. The van der Waals surface area contributed by atoms with Gasteiger partial charge in [0.1, 0.15) is 17.0 Å². The van der Waals surface area contributed by atoms with Crippen molar-refractivity contribution in [3.05, 3.63) is 47.8 Å². The SMILES string of the molecule is Cn1cc(-n2nc(C3CCOCC3)nc2-c2cn3cc(Cl)ccc3n2)cn1. The maximum Gasteiger partial charge on any atom is 0.183 e. The van der Waals surface area contributed by atoms with Gasteiger partial charge < -0.3 is 9.14 Å². The minimum Gasteiger partial charge on any atom is -0.381 e. The number of imidazole rings is 1. The van der Waals surface area contributed by atoms with Crippen molar-refractivity contribution in [2.45, 2.75) is 18.8 Å². The molecule has 0 radical (unpaired) electrons. The molecule has 8 nitrogen and oxygen atoms in total. The zero-order chi connectivity index (χ0) is 18.4. The lowest BCUT2D eigenvalue weighted by Crippen LogP contribution is -2.15. The second-order valence-electron chi connectivity index (χ2n) is 6.70. The zero-order valence-electron chi connectivity index (χ0n) is 14.8. The number of rotatable bonds is 3. The first-order chi connectivity index (χ1) is 13.2. The maximum absolute atomic E-state index is 6.10. The van der Waals surface area contributed by atoms with Crippen molar-refractivity contribution < 1.29 is 4.74 Å². The molecule has 138 valence electrons. The van der Waals surface area contributed by atoms with Gasteiger partial charge in [-0.3, -0.25) is 4.68 Å². The van der Waals surface area contributed by atoms with Crippen molar-refractivity contribution in [2.75, 3.05) is 13.2 Å². The van der Waals surface area contributed by atoms with Crippen LogP contribution < -0.4 is 0 Å². The fourth-order valence-corrected chi connectivity index (χ4v) is 3.56. The van der Waals surface area contributed by atoms with Crippen LogP contribution in [0.4, 0.5) is 0 Å². The van der Waals surface area contributed by atoms with Gasteiger partial charge in [-0.05, 0) is 25.0 Å². The van der Waals surface area contributed by atoms with Crippen LogP contribution in [-0.2, 0) is 11.8 Å². The second-order valence-corrected chi connectivity index (χ2v) is 7.14. The molecular weight excluding hydrogens is 366 g/mol. The number of nitrogens with zero attached hydrogens (tertiary/aromatic N) is 7. The monoisotopic (exact) mass is 383 g/mol. The van der Waals surface area contributed by atoms with Crippen LogP contribution in [0.5, 0.6) is 0 Å². The first-order valence-corrected chi connectivity index (χ1v) is 9.23. The molecule has 0 atom stereocenters. The van der Waals surface area contributed by atoms with Gasteiger partial charge in [-0.25, -0.2) is 14.6 Å². The number of fused-ring (bicyclic) bond motifs is 1. The van der Waals surface area contributed by atoms with E-state index < -0.39 is 0 Å². The molecule has 5 rings (SSSR count). The summed E-state index contributed by atoms with van der Waals surface area (Å²) in [6.07, 6.45) is 9.30. The number of hydrogen-bond donors (Lipinski definition) is 0. The minimum absolute atomic E-state index is 0.293. The van der Waals surface area contributed by atoms with Crippen LogP contribution in [0.1, 0.15) is 24.6 Å². The maximum atomic E-state index is 6.10. The lowest BCUT2D eigenvalue weighted by molar-refractivity contribution is 0.0836. The third-order valence-corrected chi connectivity index (χ3v) is 5.01. The number of ether oxygens (including phenoxy) is 1. The van der Waals surface area contributed by atoms with Gasteiger partial charge in [0.2, 0.25) is 0 Å². The Hall–Kier alpha value is -2.71. The fourth-order valence-electron chi connectivity index (χ4n) is 3.39. The zero-order valence-corrected chi connectivity index (χ0v) is 15.5. The Balaban J connectivity index is 1.65. The van der Waals surface area contributed by atoms with Crippen molar-refractivity contribution in [1.29, 1.82) is 0 Å². The molecule has 9 heteroatoms. The molecule has 1 saturated heterocycles. The normalized spacial score (nSPS) is 15.6. The number of pyridine rings is 1. The molecule has 0 saturated carbocycles. The lowest BCUT2D eigenvalue weighted by Gasteiger charge is -2.18. The van der Waals surface area contributed by atoms with E-state index in [0.717, 1.165) is 48.9 Å². The van der Waals surface area contributed by atoms with Crippen molar-refractivity contribution >= 4 is 17.2 Å². The summed E-state index contributed by atoms with van der Waals surface area (Å²) in [5, 5.41) is 9.73. The summed E-state index contributed by atoms with van der Waals surface area (Å²) in [6, 6.07) is 3.71. The van der Waals surface area contributed by atoms with E-state index in [0.29, 0.717) is 16.8 Å². The van der Waals surface area contributed by atoms with Gasteiger partial charge in [0, 0.05) is 38.6 Å². The second kappa shape index (κ2) is 6.47. The topological polar surface area (TPSA) is 75.1 Å². The Kier molecular flexibility index (Phi) is 3.95. The van der Waals surface area contributed by atoms with Gasteiger partial charge >= 0.3 is 0 Å². The average molecular weight is 384 g/mol. The molecule has 0 aromatic carbocycles. The van der Waals surface area contributed by atoms with Crippen LogP contribution in [0.2, 0.25) is 5.02 Å². The molecule has 0 bridgehead atoms. The predicted molar refractivity (Wildman–Crippen MR) is 100 cm³/mol. The summed E-state index contributed by atoms with van der Waals surface area (Å²) in [6.45, 7) is 1.49. The smallest absolute Gasteiger partial charge is 0.183 e. The Bertz CT molecular complexity index is 1110. The highest BCUT2D eigenvalue weighted by Gasteiger charge is 2.24. The van der Waals surface area contributed by atoms with E-state index in [1.165, 1.54) is 0 Å². The Morgan fingerprint density at radius 1 is 1.11 bits per heavy atom. The molecule has 1 aliphatic heterocycles. The van der Waals surface area contributed by atoms with Gasteiger partial charge in [0.25, 0.3) is 0 Å². The molecule has 4 aromatic heterocycles. The number of aryl methyl sites for hydroxylation is 1. The highest BCUT2D eigenvalue weighted by molar-refractivity contribution is 6.30. The summed E-state index contributed by atoms with van der Waals surface area (Å²) in [4.78, 5) is 9.56. The summed E-state index contributed by atoms with van der Waals surface area (Å²) in [5.74, 6) is 1.82. The van der Waals surface area contributed by atoms with E-state index in [1.54, 1.807) is 10.9 Å². The van der Waals surface area contributed by atoms with E-state index >= 15 is 0 Å². The van der Waals surface area contributed by atoms with Gasteiger partial charge in [0.15, 0.2) is 11.6 Å². The van der Waals surface area contributed by atoms with E-state index in [9.17, 15) is 0 Å². The molecule has 5 heterocycles. The van der Waals surface area contributed by atoms with Crippen molar-refractivity contribution in [2.24, 2.45) is 7.05 Å². The molecule has 0 N–H and O–H groups in total. The van der Waals surface area contributed by atoms with E-state index in [2.05, 4.69) is 5.10 Å². The van der Waals surface area contributed by atoms with Crippen LogP contribution >= 0.6 is 11.6 Å². The summed E-state index contributed by atoms with van der Waals surface area (Å²) >= 11 is 6.10. The van der Waals surface area contributed by atoms with E-state index in [1.807, 2.05) is 46.9 Å². The van der Waals surface area contributed by atoms with Crippen molar-refractivity contribution in [3.8, 4) is 17.2 Å². The third-order valence-electron chi connectivity index (χ3n) is 4.79. The molecule has 4 aromatic rings. The van der Waals surface area contributed by atoms with E-state index in [4.69, 9.17) is 31.4 Å². The van der Waals surface area contributed by atoms with Crippen LogP contribution in [0, 0.1) is 0 Å². The summed E-state index contributed by atoms with van der Waals surface area (Å²) in [7, 11) is 1.88. The molecule has 1 aliphatic rings. The molecule has 0 unspecified atom stereocenters. The minimum atomic E-state index is 0.293. The Morgan fingerprint density at radius 2 is 1.96 bits per heavy atom. The van der Waals surface area contributed by atoms with Gasteiger partial charge in [-0.15, -0.1) is 0 Å². The number of hydrogen-bond acceptors (Lipinski definition) is 5. The molecule has 0 amide bonds. The Labute approximate surface area is 160 Å². The van der Waals surface area contributed by atoms with Crippen LogP contribution in [0.25, 0.3) is 22.9 Å². The number of halogens is 1. The lowest BCUT2D eigenvalue weighted by atomic mass is 10.00. The Morgan fingerprint density at radius 3 is 2.74 bits per heavy atom. The molecule has 0 spiro atoms.